The van der Waals surface area contributed by atoms with Crippen molar-refractivity contribution in [2.24, 2.45) is 11.3 Å². The third-order valence-electron chi connectivity index (χ3n) is 4.92. The molecule has 1 aromatic heterocycles. The Morgan fingerprint density at radius 3 is 2.25 bits per heavy atom. The Morgan fingerprint density at radius 1 is 1.19 bits per heavy atom. The van der Waals surface area contributed by atoms with Gasteiger partial charge in [0.05, 0.1) is 6.07 Å². The topological polar surface area (TPSA) is 137 Å². The Balaban J connectivity index is 2.16. The molecule has 2 rings (SSSR count). The first-order valence-electron chi connectivity index (χ1n) is 10.0. The van der Waals surface area contributed by atoms with Crippen LogP contribution in [0, 0.1) is 29.6 Å². The van der Waals surface area contributed by atoms with E-state index < -0.39 is 47.4 Å². The fraction of sp³-hybridized carbons (Fsp3) is 0.650. The fourth-order valence-corrected chi connectivity index (χ4v) is 3.00. The zero-order valence-electron chi connectivity index (χ0n) is 18.2. The van der Waals surface area contributed by atoms with Gasteiger partial charge >= 0.3 is 12.1 Å². The summed E-state index contributed by atoms with van der Waals surface area (Å²) in [7, 11) is 0. The maximum atomic E-state index is 12.8. The van der Waals surface area contributed by atoms with Gasteiger partial charge < -0.3 is 20.5 Å². The zero-order valence-corrected chi connectivity index (χ0v) is 18.2. The van der Waals surface area contributed by atoms with Gasteiger partial charge in [-0.05, 0) is 24.7 Å². The molecule has 3 unspecified atom stereocenters. The molecule has 1 heterocycles. The number of hydrogen-bond acceptors (Lipinski definition) is 6. The highest BCUT2D eigenvalue weighted by Gasteiger charge is 2.44. The summed E-state index contributed by atoms with van der Waals surface area (Å²) in [6.07, 6.45) is -3.23. The quantitative estimate of drug-likeness (QED) is 0.546. The van der Waals surface area contributed by atoms with E-state index in [4.69, 9.17) is 4.52 Å². The van der Waals surface area contributed by atoms with Gasteiger partial charge in [0.2, 0.25) is 11.8 Å². The predicted molar refractivity (Wildman–Crippen MR) is 104 cm³/mol. The second-order valence-corrected chi connectivity index (χ2v) is 8.94. The molecular weight excluding hydrogens is 431 g/mol. The van der Waals surface area contributed by atoms with Gasteiger partial charge in [0.25, 0.3) is 0 Å². The van der Waals surface area contributed by atoms with Crippen molar-refractivity contribution in [2.75, 3.05) is 0 Å². The highest BCUT2D eigenvalue weighted by Crippen LogP contribution is 2.34. The highest BCUT2D eigenvalue weighted by molar-refractivity contribution is 5.93. The lowest BCUT2D eigenvalue weighted by molar-refractivity contribution is -0.175. The molecule has 1 aliphatic rings. The Hall–Kier alpha value is -3.10. The van der Waals surface area contributed by atoms with E-state index >= 15 is 0 Å². The van der Waals surface area contributed by atoms with Gasteiger partial charge in [-0.15, -0.1) is 0 Å². The molecule has 1 aromatic rings. The molecule has 3 atom stereocenters. The van der Waals surface area contributed by atoms with Gasteiger partial charge in [0.1, 0.15) is 23.5 Å². The molecular formula is C20H26F3N5O4. The Labute approximate surface area is 183 Å². The van der Waals surface area contributed by atoms with Crippen LogP contribution in [0.5, 0.6) is 0 Å². The summed E-state index contributed by atoms with van der Waals surface area (Å²) < 4.78 is 43.1. The maximum Gasteiger partial charge on any atom is 0.471 e. The lowest BCUT2D eigenvalue weighted by atomic mass is 9.85. The molecule has 176 valence electrons. The van der Waals surface area contributed by atoms with E-state index in [-0.39, 0.29) is 18.0 Å². The van der Waals surface area contributed by atoms with Crippen molar-refractivity contribution in [3.8, 4) is 6.07 Å². The maximum absolute atomic E-state index is 12.8. The lowest BCUT2D eigenvalue weighted by Gasteiger charge is -2.32. The number of carbonyl (C=O) groups is 3. The van der Waals surface area contributed by atoms with Gasteiger partial charge in [-0.1, -0.05) is 38.8 Å². The van der Waals surface area contributed by atoms with Gasteiger partial charge in [-0.25, -0.2) is 0 Å². The smallest absolute Gasteiger partial charge is 0.361 e. The van der Waals surface area contributed by atoms with Crippen molar-refractivity contribution in [1.29, 1.82) is 5.26 Å². The average Bonchev–Trinajstić information content (AvgIpc) is 3.39. The number of alkyl halides is 3. The minimum absolute atomic E-state index is 0.165. The summed E-state index contributed by atoms with van der Waals surface area (Å²) in [5, 5.41) is 19.7. The number of nitriles is 1. The standard InChI is InChI=1S/C20H26F3N5O4/c1-10-7-12(28-32-10)14(9-24)26-16(29)13(8-11-5-6-11)25-17(30)15(19(2,3)4)27-18(31)20(21,22)23/h7,11,13-15H,5-6,8H2,1-4H3,(H,25,30)(H,26,29)(H,27,31). The minimum Gasteiger partial charge on any atom is -0.361 e. The molecule has 0 saturated heterocycles. The number of hydrogen-bond donors (Lipinski definition) is 3. The van der Waals surface area contributed by atoms with Gasteiger partial charge in [-0.3, -0.25) is 14.4 Å². The summed E-state index contributed by atoms with van der Waals surface area (Å²) >= 11 is 0. The predicted octanol–water partition coefficient (Wildman–Crippen LogP) is 2.04. The van der Waals surface area contributed by atoms with Crippen LogP contribution in [-0.4, -0.2) is 41.1 Å². The summed E-state index contributed by atoms with van der Waals surface area (Å²) in [5.41, 5.74) is -0.890. The van der Waals surface area contributed by atoms with Crippen LogP contribution in [0.25, 0.3) is 0 Å². The zero-order chi connectivity index (χ0) is 24.3. The molecule has 0 bridgehead atoms. The van der Waals surface area contributed by atoms with Crippen molar-refractivity contribution in [1.82, 2.24) is 21.1 Å². The van der Waals surface area contributed by atoms with E-state index in [1.165, 1.54) is 26.8 Å². The third kappa shape index (κ3) is 6.96. The van der Waals surface area contributed by atoms with Crippen molar-refractivity contribution in [3.05, 3.63) is 17.5 Å². The number of amides is 3. The first-order valence-corrected chi connectivity index (χ1v) is 10.0. The van der Waals surface area contributed by atoms with E-state index in [9.17, 15) is 32.8 Å². The lowest BCUT2D eigenvalue weighted by Crippen LogP contribution is -2.59. The summed E-state index contributed by atoms with van der Waals surface area (Å²) in [6.45, 7) is 6.08. The molecule has 32 heavy (non-hydrogen) atoms. The SMILES string of the molecule is Cc1cc(C(C#N)NC(=O)C(CC2CC2)NC(=O)C(NC(=O)C(F)(F)F)C(C)(C)C)no1. The monoisotopic (exact) mass is 457 g/mol. The van der Waals surface area contributed by atoms with Crippen LogP contribution in [-0.2, 0) is 14.4 Å². The Bertz CT molecular complexity index is 896. The number of halogens is 3. The van der Waals surface area contributed by atoms with E-state index in [0.717, 1.165) is 12.8 Å². The molecule has 3 N–H and O–H groups in total. The van der Waals surface area contributed by atoms with Crippen LogP contribution in [0.1, 0.15) is 57.5 Å². The number of aromatic nitrogens is 1. The molecule has 0 aromatic carbocycles. The number of rotatable bonds is 8. The first-order chi connectivity index (χ1) is 14.7. The normalized spacial score (nSPS) is 16.9. The largest absolute Gasteiger partial charge is 0.471 e. The minimum atomic E-state index is -5.16. The van der Waals surface area contributed by atoms with Crippen molar-refractivity contribution in [3.63, 3.8) is 0 Å². The van der Waals surface area contributed by atoms with Crippen molar-refractivity contribution in [2.45, 2.75) is 71.3 Å². The Kier molecular flexibility index (Phi) is 7.54. The van der Waals surface area contributed by atoms with Gasteiger partial charge in [0.15, 0.2) is 6.04 Å². The molecule has 0 radical (unpaired) electrons. The van der Waals surface area contributed by atoms with Crippen molar-refractivity contribution < 1.29 is 32.1 Å². The van der Waals surface area contributed by atoms with E-state index in [2.05, 4.69) is 15.8 Å². The summed E-state index contributed by atoms with van der Waals surface area (Å²) in [4.78, 5) is 37.1. The number of carbonyl (C=O) groups excluding carboxylic acids is 3. The summed E-state index contributed by atoms with van der Waals surface area (Å²) in [6, 6.07) is -0.430. The van der Waals surface area contributed by atoms with Crippen LogP contribution in [0.3, 0.4) is 0 Å². The first kappa shape index (κ1) is 25.2. The molecule has 0 aliphatic heterocycles. The van der Waals surface area contributed by atoms with Crippen LogP contribution < -0.4 is 16.0 Å². The number of nitrogens with one attached hydrogen (secondary N) is 3. The van der Waals surface area contributed by atoms with E-state index in [1.807, 2.05) is 6.07 Å². The molecule has 3 amide bonds. The molecule has 1 fully saturated rings. The Morgan fingerprint density at radius 2 is 1.81 bits per heavy atom. The van der Waals surface area contributed by atoms with Crippen molar-refractivity contribution >= 4 is 17.7 Å². The van der Waals surface area contributed by atoms with Crippen LogP contribution in [0.15, 0.2) is 10.6 Å². The second kappa shape index (κ2) is 9.58. The van der Waals surface area contributed by atoms with Crippen LogP contribution in [0.2, 0.25) is 0 Å². The van der Waals surface area contributed by atoms with E-state index in [1.54, 1.807) is 12.2 Å². The van der Waals surface area contributed by atoms with Crippen LogP contribution >= 0.6 is 0 Å². The second-order valence-electron chi connectivity index (χ2n) is 8.94. The molecule has 1 aliphatic carbocycles. The van der Waals surface area contributed by atoms with Crippen LogP contribution in [0.4, 0.5) is 13.2 Å². The highest BCUT2D eigenvalue weighted by atomic mass is 19.4. The number of aryl methyl sites for hydroxylation is 1. The number of nitrogens with zero attached hydrogens (tertiary/aromatic N) is 2. The van der Waals surface area contributed by atoms with E-state index in [0.29, 0.717) is 5.76 Å². The summed E-state index contributed by atoms with van der Waals surface area (Å²) in [5.74, 6) is -3.26. The average molecular weight is 457 g/mol. The van der Waals surface area contributed by atoms with Gasteiger partial charge in [-0.2, -0.15) is 18.4 Å². The van der Waals surface area contributed by atoms with Gasteiger partial charge in [0, 0.05) is 6.07 Å². The molecule has 12 heteroatoms. The molecule has 9 nitrogen and oxygen atoms in total. The fourth-order valence-electron chi connectivity index (χ4n) is 3.00. The third-order valence-corrected chi connectivity index (χ3v) is 4.92. The molecule has 1 saturated carbocycles. The molecule has 0 spiro atoms.